The molecule has 1 aromatic carbocycles. The minimum Gasteiger partial charge on any atom is -0.357 e. The van der Waals surface area contributed by atoms with E-state index in [0.29, 0.717) is 0 Å². The fraction of sp³-hybridized carbons (Fsp3) is 0.211. The highest BCUT2D eigenvalue weighted by Crippen LogP contribution is 2.26. The van der Waals surface area contributed by atoms with E-state index >= 15 is 0 Å². The molecule has 6 nitrogen and oxygen atoms in total. The molecule has 4 heterocycles. The summed E-state index contributed by atoms with van der Waals surface area (Å²) in [7, 11) is 0. The van der Waals surface area contributed by atoms with E-state index < -0.39 is 0 Å². The molecule has 0 atom stereocenters. The maximum absolute atomic E-state index is 4.66. The van der Waals surface area contributed by atoms with Crippen molar-refractivity contribution in [2.45, 2.75) is 12.8 Å². The van der Waals surface area contributed by atoms with Crippen molar-refractivity contribution in [3.63, 3.8) is 0 Å². The van der Waals surface area contributed by atoms with Gasteiger partial charge in [0.25, 0.3) is 0 Å². The van der Waals surface area contributed by atoms with Gasteiger partial charge in [-0.2, -0.15) is 10.2 Å². The highest BCUT2D eigenvalue weighted by atomic mass is 15.3. The largest absolute Gasteiger partial charge is 0.357 e. The van der Waals surface area contributed by atoms with Crippen LogP contribution in [-0.2, 0) is 0 Å². The van der Waals surface area contributed by atoms with Gasteiger partial charge in [0.05, 0.1) is 29.3 Å². The molecule has 0 radical (unpaired) electrons. The molecule has 0 spiro atoms. The SMILES string of the molecule is c1cc(-c2ccc(N3CCCC3)nc2)n(-c2ccc3cn[nH]c3c2)n1. The van der Waals surface area contributed by atoms with Crippen LogP contribution in [0.5, 0.6) is 0 Å². The lowest BCUT2D eigenvalue weighted by Gasteiger charge is -2.16. The van der Waals surface area contributed by atoms with Crippen molar-refractivity contribution < 1.29 is 0 Å². The summed E-state index contributed by atoms with van der Waals surface area (Å²) >= 11 is 0. The van der Waals surface area contributed by atoms with Crippen molar-refractivity contribution in [3.05, 3.63) is 55.0 Å². The fourth-order valence-electron chi connectivity index (χ4n) is 3.46. The first kappa shape index (κ1) is 14.2. The van der Waals surface area contributed by atoms with Crippen molar-refractivity contribution in [1.82, 2.24) is 25.0 Å². The van der Waals surface area contributed by atoms with E-state index in [1.807, 2.05) is 35.4 Å². The number of aromatic nitrogens is 5. The normalized spacial score (nSPS) is 14.5. The van der Waals surface area contributed by atoms with Gasteiger partial charge >= 0.3 is 0 Å². The Hall–Kier alpha value is -3.15. The second-order valence-corrected chi connectivity index (χ2v) is 6.37. The molecule has 25 heavy (non-hydrogen) atoms. The number of hydrogen-bond acceptors (Lipinski definition) is 4. The highest BCUT2D eigenvalue weighted by Gasteiger charge is 2.14. The summed E-state index contributed by atoms with van der Waals surface area (Å²) in [6, 6.07) is 12.4. The third-order valence-corrected chi connectivity index (χ3v) is 4.79. The molecule has 124 valence electrons. The first-order valence-corrected chi connectivity index (χ1v) is 8.57. The van der Waals surface area contributed by atoms with Gasteiger partial charge in [-0.15, -0.1) is 0 Å². The van der Waals surface area contributed by atoms with E-state index in [2.05, 4.69) is 49.4 Å². The molecular formula is C19H18N6. The third-order valence-electron chi connectivity index (χ3n) is 4.79. The molecule has 1 N–H and O–H groups in total. The van der Waals surface area contributed by atoms with Crippen LogP contribution in [0.25, 0.3) is 27.8 Å². The molecule has 3 aromatic heterocycles. The minimum atomic E-state index is 1.00. The number of H-pyrrole nitrogens is 1. The molecule has 0 aliphatic carbocycles. The predicted molar refractivity (Wildman–Crippen MR) is 97.9 cm³/mol. The Morgan fingerprint density at radius 1 is 0.960 bits per heavy atom. The number of nitrogens with zero attached hydrogens (tertiary/aromatic N) is 5. The van der Waals surface area contributed by atoms with E-state index in [1.54, 1.807) is 0 Å². The zero-order valence-electron chi connectivity index (χ0n) is 13.8. The van der Waals surface area contributed by atoms with Gasteiger partial charge < -0.3 is 4.90 Å². The van der Waals surface area contributed by atoms with Crippen LogP contribution in [0.4, 0.5) is 5.82 Å². The second kappa shape index (κ2) is 5.73. The molecule has 0 amide bonds. The Kier molecular flexibility index (Phi) is 3.26. The summed E-state index contributed by atoms with van der Waals surface area (Å²) < 4.78 is 1.94. The number of hydrogen-bond donors (Lipinski definition) is 1. The lowest BCUT2D eigenvalue weighted by molar-refractivity contribution is 0.887. The summed E-state index contributed by atoms with van der Waals surface area (Å²) in [5, 5.41) is 12.7. The molecular weight excluding hydrogens is 312 g/mol. The zero-order chi connectivity index (χ0) is 16.6. The smallest absolute Gasteiger partial charge is 0.128 e. The van der Waals surface area contributed by atoms with E-state index in [1.165, 1.54) is 12.8 Å². The zero-order valence-corrected chi connectivity index (χ0v) is 13.8. The van der Waals surface area contributed by atoms with Crippen molar-refractivity contribution in [2.75, 3.05) is 18.0 Å². The number of fused-ring (bicyclic) bond motifs is 1. The van der Waals surface area contributed by atoms with Gasteiger partial charge in [-0.05, 0) is 49.2 Å². The van der Waals surface area contributed by atoms with Crippen LogP contribution in [0.2, 0.25) is 0 Å². The van der Waals surface area contributed by atoms with Gasteiger partial charge in [0.2, 0.25) is 0 Å². The Bertz CT molecular complexity index is 1010. The highest BCUT2D eigenvalue weighted by molar-refractivity contribution is 5.80. The molecule has 1 saturated heterocycles. The molecule has 0 unspecified atom stereocenters. The lowest BCUT2D eigenvalue weighted by atomic mass is 10.2. The predicted octanol–water partition coefficient (Wildman–Crippen LogP) is 3.41. The number of benzene rings is 1. The molecule has 4 aromatic rings. The number of nitrogens with one attached hydrogen (secondary N) is 1. The van der Waals surface area contributed by atoms with Crippen LogP contribution < -0.4 is 4.90 Å². The monoisotopic (exact) mass is 330 g/mol. The van der Waals surface area contributed by atoms with Gasteiger partial charge in [0.1, 0.15) is 5.82 Å². The van der Waals surface area contributed by atoms with E-state index in [9.17, 15) is 0 Å². The van der Waals surface area contributed by atoms with Crippen molar-refractivity contribution in [2.24, 2.45) is 0 Å². The first-order chi connectivity index (χ1) is 12.4. The van der Waals surface area contributed by atoms with Crippen molar-refractivity contribution in [1.29, 1.82) is 0 Å². The maximum Gasteiger partial charge on any atom is 0.128 e. The standard InChI is InChI=1S/C19H18N6/c1-2-10-24(9-1)19-6-4-15(12-20-19)18-7-8-22-25(18)16-5-3-14-13-21-23-17(14)11-16/h3-8,11-13H,1-2,9-10H2,(H,21,23). The topological polar surface area (TPSA) is 62.6 Å². The molecule has 6 heteroatoms. The van der Waals surface area contributed by atoms with Crippen LogP contribution in [0, 0.1) is 0 Å². The first-order valence-electron chi connectivity index (χ1n) is 8.57. The summed E-state index contributed by atoms with van der Waals surface area (Å²) in [5.74, 6) is 1.06. The van der Waals surface area contributed by atoms with Gasteiger partial charge in [-0.3, -0.25) is 5.10 Å². The summed E-state index contributed by atoms with van der Waals surface area (Å²) in [6.45, 7) is 2.21. The van der Waals surface area contributed by atoms with Crippen LogP contribution >= 0.6 is 0 Å². The number of rotatable bonds is 3. The summed E-state index contributed by atoms with van der Waals surface area (Å²) in [6.07, 6.45) is 8.10. The van der Waals surface area contributed by atoms with E-state index in [4.69, 9.17) is 0 Å². The molecule has 5 rings (SSSR count). The lowest BCUT2D eigenvalue weighted by Crippen LogP contribution is -2.18. The van der Waals surface area contributed by atoms with Crippen molar-refractivity contribution in [3.8, 4) is 16.9 Å². The Labute approximate surface area is 145 Å². The molecule has 1 aliphatic rings. The summed E-state index contributed by atoms with van der Waals surface area (Å²) in [5.41, 5.74) is 4.09. The summed E-state index contributed by atoms with van der Waals surface area (Å²) in [4.78, 5) is 7.00. The van der Waals surface area contributed by atoms with Gasteiger partial charge in [-0.1, -0.05) is 0 Å². The average molecular weight is 330 g/mol. The van der Waals surface area contributed by atoms with Crippen LogP contribution in [0.15, 0.2) is 55.0 Å². The number of pyridine rings is 1. The average Bonchev–Trinajstić information content (AvgIpc) is 3.42. The second-order valence-electron chi connectivity index (χ2n) is 6.37. The maximum atomic E-state index is 4.66. The van der Waals surface area contributed by atoms with Crippen LogP contribution in [-0.4, -0.2) is 38.1 Å². The van der Waals surface area contributed by atoms with E-state index in [0.717, 1.165) is 46.8 Å². The molecule has 0 bridgehead atoms. The van der Waals surface area contributed by atoms with Crippen LogP contribution in [0.3, 0.4) is 0 Å². The number of aromatic amines is 1. The third kappa shape index (κ3) is 2.46. The minimum absolute atomic E-state index is 1.00. The Balaban J connectivity index is 1.51. The van der Waals surface area contributed by atoms with Gasteiger partial charge in [0.15, 0.2) is 0 Å². The number of anilines is 1. The fourth-order valence-corrected chi connectivity index (χ4v) is 3.46. The molecule has 1 aliphatic heterocycles. The van der Waals surface area contributed by atoms with Crippen LogP contribution in [0.1, 0.15) is 12.8 Å². The van der Waals surface area contributed by atoms with Gasteiger partial charge in [0, 0.05) is 30.2 Å². The Morgan fingerprint density at radius 2 is 1.88 bits per heavy atom. The van der Waals surface area contributed by atoms with E-state index in [-0.39, 0.29) is 0 Å². The van der Waals surface area contributed by atoms with Gasteiger partial charge in [-0.25, -0.2) is 9.67 Å². The Morgan fingerprint density at radius 3 is 2.72 bits per heavy atom. The molecule has 0 saturated carbocycles. The van der Waals surface area contributed by atoms with Crippen molar-refractivity contribution >= 4 is 16.7 Å². The quantitative estimate of drug-likeness (QED) is 0.625. The molecule has 1 fully saturated rings.